The average molecular weight is 275 g/mol. The Balaban J connectivity index is 1.99. The van der Waals surface area contributed by atoms with Crippen LogP contribution >= 0.6 is 0 Å². The van der Waals surface area contributed by atoms with Gasteiger partial charge in [0.2, 0.25) is 0 Å². The Morgan fingerprint density at radius 1 is 1.30 bits per heavy atom. The van der Waals surface area contributed by atoms with Crippen LogP contribution in [0.5, 0.6) is 0 Å². The molecule has 2 aliphatic heterocycles. The zero-order chi connectivity index (χ0) is 14.2. The van der Waals surface area contributed by atoms with Crippen LogP contribution in [-0.2, 0) is 4.74 Å². The van der Waals surface area contributed by atoms with Crippen LogP contribution in [0.3, 0.4) is 0 Å². The number of hydrogen-bond donors (Lipinski definition) is 1. The van der Waals surface area contributed by atoms with E-state index < -0.39 is 0 Å². The third kappa shape index (κ3) is 2.17. The largest absolute Gasteiger partial charge is 0.378 e. The normalized spacial score (nSPS) is 30.2. The maximum atomic E-state index is 6.21. The molecule has 0 aromatic heterocycles. The maximum absolute atomic E-state index is 6.21. The summed E-state index contributed by atoms with van der Waals surface area (Å²) in [5, 5.41) is 0. The van der Waals surface area contributed by atoms with Gasteiger partial charge in [-0.25, -0.2) is 0 Å². The van der Waals surface area contributed by atoms with E-state index in [0.717, 1.165) is 32.5 Å². The van der Waals surface area contributed by atoms with Gasteiger partial charge in [0.15, 0.2) is 0 Å². The predicted molar refractivity (Wildman–Crippen MR) is 83.5 cm³/mol. The molecule has 2 unspecified atom stereocenters. The molecule has 2 heterocycles. The summed E-state index contributed by atoms with van der Waals surface area (Å²) in [5.74, 6) is 0. The maximum Gasteiger partial charge on any atom is 0.0609 e. The standard InChI is InChI=1S/C16H25N3O/c1-13-11-16(12-17,7-10-20-13)19-9-8-18(2)14-5-3-4-6-15(14)19/h3-6,13H,7-12,17H2,1-2H3. The van der Waals surface area contributed by atoms with Gasteiger partial charge in [0.25, 0.3) is 0 Å². The third-order valence-electron chi connectivity index (χ3n) is 4.83. The second-order valence-electron chi connectivity index (χ2n) is 6.13. The number of hydrogen-bond acceptors (Lipinski definition) is 4. The summed E-state index contributed by atoms with van der Waals surface area (Å²) in [5.41, 5.74) is 8.89. The molecule has 2 aliphatic rings. The fourth-order valence-corrected chi connectivity index (χ4v) is 3.69. The summed E-state index contributed by atoms with van der Waals surface area (Å²) in [4.78, 5) is 4.88. The highest BCUT2D eigenvalue weighted by Gasteiger charge is 2.41. The van der Waals surface area contributed by atoms with Gasteiger partial charge in [0, 0.05) is 33.3 Å². The lowest BCUT2D eigenvalue weighted by Crippen LogP contribution is -2.61. The molecule has 0 amide bonds. The molecule has 3 rings (SSSR count). The van der Waals surface area contributed by atoms with Gasteiger partial charge in [-0.3, -0.25) is 0 Å². The fourth-order valence-electron chi connectivity index (χ4n) is 3.69. The monoisotopic (exact) mass is 275 g/mol. The van der Waals surface area contributed by atoms with Crippen molar-refractivity contribution in [1.29, 1.82) is 0 Å². The summed E-state index contributed by atoms with van der Waals surface area (Å²) in [6.45, 7) is 5.75. The predicted octanol–water partition coefficient (Wildman–Crippen LogP) is 1.84. The first-order valence-electron chi connectivity index (χ1n) is 7.56. The zero-order valence-electron chi connectivity index (χ0n) is 12.5. The summed E-state index contributed by atoms with van der Waals surface area (Å²) in [7, 11) is 2.16. The molecule has 1 fully saturated rings. The quantitative estimate of drug-likeness (QED) is 0.894. The van der Waals surface area contributed by atoms with E-state index in [0.29, 0.717) is 12.6 Å². The molecule has 0 spiro atoms. The van der Waals surface area contributed by atoms with Gasteiger partial charge in [-0.05, 0) is 31.9 Å². The minimum absolute atomic E-state index is 0.0506. The first-order chi connectivity index (χ1) is 9.66. The molecule has 4 heteroatoms. The lowest BCUT2D eigenvalue weighted by molar-refractivity contribution is -0.00765. The molecule has 20 heavy (non-hydrogen) atoms. The number of rotatable bonds is 2. The van der Waals surface area contributed by atoms with Crippen LogP contribution in [0.15, 0.2) is 24.3 Å². The summed E-state index contributed by atoms with van der Waals surface area (Å²) < 4.78 is 5.74. The van der Waals surface area contributed by atoms with Gasteiger partial charge >= 0.3 is 0 Å². The fraction of sp³-hybridized carbons (Fsp3) is 0.625. The van der Waals surface area contributed by atoms with E-state index in [9.17, 15) is 0 Å². The third-order valence-corrected chi connectivity index (χ3v) is 4.83. The van der Waals surface area contributed by atoms with E-state index in [-0.39, 0.29) is 5.54 Å². The summed E-state index contributed by atoms with van der Waals surface area (Å²) >= 11 is 0. The minimum atomic E-state index is 0.0506. The van der Waals surface area contributed by atoms with E-state index in [1.54, 1.807) is 0 Å². The number of para-hydroxylation sites is 2. The molecular weight excluding hydrogens is 250 g/mol. The molecule has 110 valence electrons. The first kappa shape index (κ1) is 13.7. The number of nitrogens with two attached hydrogens (primary N) is 1. The highest BCUT2D eigenvalue weighted by atomic mass is 16.5. The molecule has 0 saturated carbocycles. The van der Waals surface area contributed by atoms with Crippen LogP contribution in [0.2, 0.25) is 0 Å². The molecule has 0 aliphatic carbocycles. The Hall–Kier alpha value is -1.26. The molecule has 1 saturated heterocycles. The van der Waals surface area contributed by atoms with Crippen LogP contribution in [0.4, 0.5) is 11.4 Å². The van der Waals surface area contributed by atoms with Crippen molar-refractivity contribution in [2.24, 2.45) is 5.73 Å². The van der Waals surface area contributed by atoms with Gasteiger partial charge in [-0.1, -0.05) is 12.1 Å². The number of ether oxygens (including phenoxy) is 1. The smallest absolute Gasteiger partial charge is 0.0609 e. The SMILES string of the molecule is CC1CC(CN)(N2CCN(C)c3ccccc32)CCO1. The Morgan fingerprint density at radius 3 is 2.75 bits per heavy atom. The van der Waals surface area contributed by atoms with E-state index in [4.69, 9.17) is 10.5 Å². The van der Waals surface area contributed by atoms with Crippen molar-refractivity contribution in [3.63, 3.8) is 0 Å². The summed E-state index contributed by atoms with van der Waals surface area (Å²) in [6, 6.07) is 8.66. The van der Waals surface area contributed by atoms with E-state index in [2.05, 4.69) is 48.0 Å². The second kappa shape index (κ2) is 5.26. The molecule has 2 atom stereocenters. The van der Waals surface area contributed by atoms with E-state index in [1.807, 2.05) is 0 Å². The van der Waals surface area contributed by atoms with Crippen LogP contribution in [-0.4, -0.2) is 44.9 Å². The Labute approximate surface area is 121 Å². The number of anilines is 2. The van der Waals surface area contributed by atoms with Crippen molar-refractivity contribution >= 4 is 11.4 Å². The van der Waals surface area contributed by atoms with Crippen molar-refractivity contribution in [3.8, 4) is 0 Å². The molecule has 1 aromatic rings. The van der Waals surface area contributed by atoms with Crippen molar-refractivity contribution in [2.75, 3.05) is 43.1 Å². The number of benzene rings is 1. The van der Waals surface area contributed by atoms with Gasteiger partial charge in [-0.15, -0.1) is 0 Å². The van der Waals surface area contributed by atoms with Crippen molar-refractivity contribution in [1.82, 2.24) is 0 Å². The summed E-state index contributed by atoms with van der Waals surface area (Å²) in [6.07, 6.45) is 2.33. The molecule has 1 aromatic carbocycles. The Kier molecular flexibility index (Phi) is 3.61. The van der Waals surface area contributed by atoms with Gasteiger partial charge in [-0.2, -0.15) is 0 Å². The molecule has 4 nitrogen and oxygen atoms in total. The van der Waals surface area contributed by atoms with E-state index >= 15 is 0 Å². The lowest BCUT2D eigenvalue weighted by atomic mass is 9.84. The van der Waals surface area contributed by atoms with Crippen molar-refractivity contribution in [2.45, 2.75) is 31.4 Å². The van der Waals surface area contributed by atoms with Gasteiger partial charge in [0.05, 0.1) is 23.0 Å². The molecule has 2 N–H and O–H groups in total. The average Bonchev–Trinajstić information content (AvgIpc) is 2.48. The number of likely N-dealkylation sites (N-methyl/N-ethyl adjacent to an activating group) is 1. The van der Waals surface area contributed by atoms with Crippen LogP contribution < -0.4 is 15.5 Å². The van der Waals surface area contributed by atoms with E-state index in [1.165, 1.54) is 11.4 Å². The zero-order valence-corrected chi connectivity index (χ0v) is 12.5. The second-order valence-corrected chi connectivity index (χ2v) is 6.13. The van der Waals surface area contributed by atoms with Crippen LogP contribution in [0.25, 0.3) is 0 Å². The van der Waals surface area contributed by atoms with Gasteiger partial charge < -0.3 is 20.3 Å². The Morgan fingerprint density at radius 2 is 2.05 bits per heavy atom. The number of nitrogens with zero attached hydrogens (tertiary/aromatic N) is 2. The van der Waals surface area contributed by atoms with Crippen molar-refractivity contribution in [3.05, 3.63) is 24.3 Å². The minimum Gasteiger partial charge on any atom is -0.378 e. The van der Waals surface area contributed by atoms with Crippen molar-refractivity contribution < 1.29 is 4.74 Å². The van der Waals surface area contributed by atoms with Crippen LogP contribution in [0.1, 0.15) is 19.8 Å². The highest BCUT2D eigenvalue weighted by Crippen LogP contribution is 2.40. The topological polar surface area (TPSA) is 41.7 Å². The highest BCUT2D eigenvalue weighted by molar-refractivity contribution is 5.74. The molecule has 0 radical (unpaired) electrons. The number of fused-ring (bicyclic) bond motifs is 1. The first-order valence-corrected chi connectivity index (χ1v) is 7.56. The Bertz CT molecular complexity index is 479. The van der Waals surface area contributed by atoms with Crippen LogP contribution in [0, 0.1) is 0 Å². The molecular formula is C16H25N3O. The molecule has 0 bridgehead atoms. The lowest BCUT2D eigenvalue weighted by Gasteiger charge is -2.52. The van der Waals surface area contributed by atoms with Gasteiger partial charge in [0.1, 0.15) is 0 Å².